The van der Waals surface area contributed by atoms with Crippen LogP contribution in [0.2, 0.25) is 0 Å². The molecule has 37 heavy (non-hydrogen) atoms. The van der Waals surface area contributed by atoms with E-state index in [2.05, 4.69) is 31.8 Å². The normalized spacial score (nSPS) is 26.5. The Morgan fingerprint density at radius 1 is 1.22 bits per heavy atom. The van der Waals surface area contributed by atoms with Crippen molar-refractivity contribution >= 4 is 16.9 Å². The van der Waals surface area contributed by atoms with Crippen LogP contribution in [0.15, 0.2) is 35.3 Å². The smallest absolute Gasteiger partial charge is 0.410 e. The lowest BCUT2D eigenvalue weighted by Gasteiger charge is -2.38. The molecule has 2 aromatic heterocycles. The van der Waals surface area contributed by atoms with E-state index in [0.717, 1.165) is 19.3 Å². The fourth-order valence-corrected chi connectivity index (χ4v) is 6.76. The SMILES string of the molecule is CC(C)[C@H]1CC[C@H](C)C[C@@H]1OC(=O)N1C[C@@H]2C[C@H]1c1c(O)n(-c3cnc(C#N)c4ccccc34)c(=O)n12. The van der Waals surface area contributed by atoms with Gasteiger partial charge in [-0.1, -0.05) is 51.5 Å². The van der Waals surface area contributed by atoms with Gasteiger partial charge in [0.05, 0.1) is 24.0 Å². The summed E-state index contributed by atoms with van der Waals surface area (Å²) in [7, 11) is 0. The summed E-state index contributed by atoms with van der Waals surface area (Å²) in [5, 5.41) is 22.0. The molecule has 0 unspecified atom stereocenters. The number of benzene rings is 1. The standard InChI is InChI=1S/C28H31N5O4/c1-15(2)18-9-8-16(3)10-24(18)37-28(36)31-14-17-11-22(31)25-26(34)33(27(35)32(17)25)23-13-30-21(12-29)19-6-4-5-7-20(19)23/h4-7,13,15-18,22,24,34H,8-11,14H2,1-3H3/t16-,17-,18+,22-,24-/m0/s1. The first-order chi connectivity index (χ1) is 17.8. The highest BCUT2D eigenvalue weighted by atomic mass is 16.6. The Bertz CT molecular complexity index is 1500. The van der Waals surface area contributed by atoms with E-state index >= 15 is 0 Å². The van der Waals surface area contributed by atoms with E-state index in [1.165, 1.54) is 10.8 Å². The number of nitriles is 1. The molecule has 9 nitrogen and oxygen atoms in total. The van der Waals surface area contributed by atoms with Gasteiger partial charge in [-0.25, -0.2) is 19.1 Å². The van der Waals surface area contributed by atoms with Crippen molar-refractivity contribution in [3.63, 3.8) is 0 Å². The maximum atomic E-state index is 13.6. The molecule has 2 fully saturated rings. The van der Waals surface area contributed by atoms with Gasteiger partial charge in [0.25, 0.3) is 0 Å². The average molecular weight is 502 g/mol. The molecule has 6 rings (SSSR count). The van der Waals surface area contributed by atoms with Gasteiger partial charge in [0, 0.05) is 17.3 Å². The molecule has 9 heteroatoms. The highest BCUT2D eigenvalue weighted by molar-refractivity contribution is 5.93. The van der Waals surface area contributed by atoms with Gasteiger partial charge in [-0.2, -0.15) is 5.26 Å². The largest absolute Gasteiger partial charge is 0.493 e. The Labute approximate surface area is 214 Å². The van der Waals surface area contributed by atoms with E-state index in [0.29, 0.717) is 52.9 Å². The lowest BCUT2D eigenvalue weighted by molar-refractivity contribution is -0.0133. The summed E-state index contributed by atoms with van der Waals surface area (Å²) in [5.74, 6) is 1.09. The molecule has 2 bridgehead atoms. The molecule has 1 saturated carbocycles. The topological polar surface area (TPSA) is 113 Å². The summed E-state index contributed by atoms with van der Waals surface area (Å²) in [4.78, 5) is 32.9. The molecule has 3 aromatic rings. The van der Waals surface area contributed by atoms with Gasteiger partial charge in [-0.3, -0.25) is 9.47 Å². The molecular weight excluding hydrogens is 470 g/mol. The third-order valence-electron chi connectivity index (χ3n) is 8.63. The summed E-state index contributed by atoms with van der Waals surface area (Å²) in [6.07, 6.45) is 4.61. The number of likely N-dealkylation sites (tertiary alicyclic amines) is 1. The first-order valence-electron chi connectivity index (χ1n) is 13.1. The average Bonchev–Trinajstić information content (AvgIpc) is 3.55. The van der Waals surface area contributed by atoms with Crippen molar-refractivity contribution in [2.24, 2.45) is 17.8 Å². The number of amides is 1. The first-order valence-corrected chi connectivity index (χ1v) is 13.1. The number of rotatable bonds is 3. The summed E-state index contributed by atoms with van der Waals surface area (Å²) >= 11 is 0. The number of pyridine rings is 1. The second-order valence-corrected chi connectivity index (χ2v) is 11.2. The van der Waals surface area contributed by atoms with Crippen LogP contribution in [0.4, 0.5) is 4.79 Å². The molecule has 2 aliphatic heterocycles. The minimum Gasteiger partial charge on any atom is -0.493 e. The number of carbonyl (C=O) groups excluding carboxylic acids is 1. The van der Waals surface area contributed by atoms with E-state index in [1.807, 2.05) is 6.07 Å². The molecule has 1 N–H and O–H groups in total. The monoisotopic (exact) mass is 501 g/mol. The first kappa shape index (κ1) is 23.6. The number of aromatic nitrogens is 3. The van der Waals surface area contributed by atoms with Crippen molar-refractivity contribution in [1.29, 1.82) is 5.26 Å². The number of hydrogen-bond donors (Lipinski definition) is 1. The third kappa shape index (κ3) is 3.53. The number of imidazole rings is 1. The van der Waals surface area contributed by atoms with Crippen molar-refractivity contribution in [1.82, 2.24) is 19.0 Å². The van der Waals surface area contributed by atoms with E-state index < -0.39 is 6.04 Å². The second-order valence-electron chi connectivity index (χ2n) is 11.2. The summed E-state index contributed by atoms with van der Waals surface area (Å²) in [5.41, 5.74) is 0.725. The van der Waals surface area contributed by atoms with Crippen molar-refractivity contribution in [3.05, 3.63) is 52.3 Å². The molecule has 1 aromatic carbocycles. The fourth-order valence-electron chi connectivity index (χ4n) is 6.76. The third-order valence-corrected chi connectivity index (χ3v) is 8.63. The van der Waals surface area contributed by atoms with E-state index in [9.17, 15) is 20.0 Å². The zero-order chi connectivity index (χ0) is 26.0. The van der Waals surface area contributed by atoms with Gasteiger partial charge in [0.15, 0.2) is 0 Å². The Kier molecular flexibility index (Phi) is 5.51. The molecule has 0 radical (unpaired) electrons. The molecule has 1 amide bonds. The number of fused-ring (bicyclic) bond motifs is 6. The van der Waals surface area contributed by atoms with E-state index in [-0.39, 0.29) is 35.5 Å². The van der Waals surface area contributed by atoms with Crippen LogP contribution in [0.3, 0.4) is 0 Å². The van der Waals surface area contributed by atoms with E-state index in [1.54, 1.807) is 27.7 Å². The summed E-state index contributed by atoms with van der Waals surface area (Å²) < 4.78 is 8.96. The van der Waals surface area contributed by atoms with Crippen molar-refractivity contribution < 1.29 is 14.6 Å². The molecular formula is C28H31N5O4. The fraction of sp³-hybridized carbons (Fsp3) is 0.500. The van der Waals surface area contributed by atoms with Crippen LogP contribution in [0, 0.1) is 29.1 Å². The van der Waals surface area contributed by atoms with Gasteiger partial charge in [0.2, 0.25) is 5.88 Å². The Hall–Kier alpha value is -3.80. The highest BCUT2D eigenvalue weighted by Crippen LogP contribution is 2.49. The van der Waals surface area contributed by atoms with Crippen LogP contribution in [0.25, 0.3) is 16.5 Å². The van der Waals surface area contributed by atoms with Crippen molar-refractivity contribution in [2.75, 3.05) is 6.54 Å². The Morgan fingerprint density at radius 2 is 1.97 bits per heavy atom. The molecule has 0 spiro atoms. The van der Waals surface area contributed by atoms with Gasteiger partial charge >= 0.3 is 11.8 Å². The maximum absolute atomic E-state index is 13.6. The summed E-state index contributed by atoms with van der Waals surface area (Å²) in [6, 6.07) is 8.62. The Morgan fingerprint density at radius 3 is 2.70 bits per heavy atom. The predicted molar refractivity (Wildman–Crippen MR) is 136 cm³/mol. The van der Waals surface area contributed by atoms with Crippen molar-refractivity contribution in [3.8, 4) is 17.6 Å². The molecule has 1 aliphatic carbocycles. The molecule has 5 atom stereocenters. The molecule has 4 heterocycles. The molecule has 1 saturated heterocycles. The van der Waals surface area contributed by atoms with Crippen molar-refractivity contribution in [2.45, 2.75) is 64.6 Å². The maximum Gasteiger partial charge on any atom is 0.410 e. The zero-order valence-electron chi connectivity index (χ0n) is 21.3. The number of aromatic hydroxyl groups is 1. The van der Waals surface area contributed by atoms with Gasteiger partial charge in [-0.05, 0) is 37.0 Å². The van der Waals surface area contributed by atoms with Crippen LogP contribution in [-0.2, 0) is 4.74 Å². The van der Waals surface area contributed by atoms with Crippen LogP contribution in [-0.4, -0.2) is 42.9 Å². The quantitative estimate of drug-likeness (QED) is 0.558. The second kappa shape index (κ2) is 8.65. The van der Waals surface area contributed by atoms with Gasteiger partial charge < -0.3 is 9.84 Å². The number of nitrogens with zero attached hydrogens (tertiary/aromatic N) is 5. The summed E-state index contributed by atoms with van der Waals surface area (Å²) in [6.45, 7) is 6.94. The Balaban J connectivity index is 1.34. The van der Waals surface area contributed by atoms with Crippen LogP contribution >= 0.6 is 0 Å². The lowest BCUT2D eigenvalue weighted by atomic mass is 9.75. The van der Waals surface area contributed by atoms with Gasteiger partial charge in [-0.15, -0.1) is 0 Å². The van der Waals surface area contributed by atoms with Crippen LogP contribution in [0.1, 0.15) is 69.9 Å². The predicted octanol–water partition coefficient (Wildman–Crippen LogP) is 4.66. The molecule has 192 valence electrons. The molecule has 3 aliphatic rings. The van der Waals surface area contributed by atoms with Crippen LogP contribution < -0.4 is 5.69 Å². The van der Waals surface area contributed by atoms with Crippen LogP contribution in [0.5, 0.6) is 5.88 Å². The number of hydrogen-bond acceptors (Lipinski definition) is 6. The van der Waals surface area contributed by atoms with E-state index in [4.69, 9.17) is 4.74 Å². The highest BCUT2D eigenvalue weighted by Gasteiger charge is 2.50. The lowest BCUT2D eigenvalue weighted by Crippen LogP contribution is -2.42. The zero-order valence-corrected chi connectivity index (χ0v) is 21.3. The minimum absolute atomic E-state index is 0.119. The number of ether oxygens (including phenoxy) is 1. The number of carbonyl (C=O) groups is 1. The minimum atomic E-state index is -0.428. The van der Waals surface area contributed by atoms with Gasteiger partial charge in [0.1, 0.15) is 23.6 Å².